The van der Waals surface area contributed by atoms with E-state index in [0.29, 0.717) is 11.6 Å². The Balaban J connectivity index is 1.58. The van der Waals surface area contributed by atoms with Crippen LogP contribution >= 0.6 is 0 Å². The molecule has 20 heavy (non-hydrogen) atoms. The van der Waals surface area contributed by atoms with Gasteiger partial charge in [-0.15, -0.1) is 0 Å². The summed E-state index contributed by atoms with van der Waals surface area (Å²) in [7, 11) is 2.26. The van der Waals surface area contributed by atoms with Gasteiger partial charge in [0.25, 0.3) is 0 Å². The fourth-order valence-electron chi connectivity index (χ4n) is 3.67. The maximum atomic E-state index is 11.2. The Bertz CT molecular complexity index is 488. The molecule has 108 valence electrons. The lowest BCUT2D eigenvalue weighted by molar-refractivity contribution is 0.1000. The topological polar surface area (TPSA) is 58.4 Å². The molecular weight excluding hydrogens is 250 g/mol. The maximum absolute atomic E-state index is 11.2. The van der Waals surface area contributed by atoms with E-state index < -0.39 is 0 Å². The molecule has 0 radical (unpaired) electrons. The quantitative estimate of drug-likeness (QED) is 0.874. The Hall–Kier alpha value is -1.39. The monoisotopic (exact) mass is 273 g/mol. The number of hydrogen-bond donors (Lipinski definition) is 2. The summed E-state index contributed by atoms with van der Waals surface area (Å²) in [5, 5.41) is 3.65. The van der Waals surface area contributed by atoms with Gasteiger partial charge in [0.2, 0.25) is 5.91 Å². The summed E-state index contributed by atoms with van der Waals surface area (Å²) < 4.78 is 0. The van der Waals surface area contributed by atoms with Crippen LogP contribution in [-0.4, -0.2) is 36.0 Å². The molecule has 2 fully saturated rings. The molecular formula is C16H23N3O. The zero-order valence-electron chi connectivity index (χ0n) is 12.0. The van der Waals surface area contributed by atoms with E-state index in [2.05, 4.69) is 17.3 Å². The van der Waals surface area contributed by atoms with E-state index in [-0.39, 0.29) is 5.91 Å². The molecule has 0 saturated carbocycles. The number of fused-ring (bicyclic) bond motifs is 2. The van der Waals surface area contributed by atoms with Gasteiger partial charge in [-0.25, -0.2) is 0 Å². The van der Waals surface area contributed by atoms with Crippen LogP contribution in [0.15, 0.2) is 24.3 Å². The molecule has 2 saturated heterocycles. The summed E-state index contributed by atoms with van der Waals surface area (Å²) in [6.07, 6.45) is 5.16. The van der Waals surface area contributed by atoms with Crippen molar-refractivity contribution >= 4 is 5.91 Å². The zero-order valence-corrected chi connectivity index (χ0v) is 12.0. The molecule has 2 aliphatic heterocycles. The number of nitrogens with one attached hydrogen (secondary N) is 1. The van der Waals surface area contributed by atoms with E-state index in [4.69, 9.17) is 5.73 Å². The fourth-order valence-corrected chi connectivity index (χ4v) is 3.67. The van der Waals surface area contributed by atoms with Gasteiger partial charge in [-0.2, -0.15) is 0 Å². The predicted octanol–water partition coefficient (Wildman–Crippen LogP) is 1.50. The first kappa shape index (κ1) is 13.6. The largest absolute Gasteiger partial charge is 0.366 e. The number of benzene rings is 1. The lowest BCUT2D eigenvalue weighted by atomic mass is 9.97. The Kier molecular flexibility index (Phi) is 3.76. The molecule has 0 aromatic heterocycles. The molecule has 4 heteroatoms. The van der Waals surface area contributed by atoms with E-state index in [1.54, 1.807) is 6.07 Å². The summed E-state index contributed by atoms with van der Waals surface area (Å²) in [6.45, 7) is 0.814. The van der Waals surface area contributed by atoms with Crippen molar-refractivity contribution in [3.05, 3.63) is 35.4 Å². The highest BCUT2D eigenvalue weighted by Gasteiger charge is 2.37. The second-order valence-electron chi connectivity index (χ2n) is 6.16. The number of piperidine rings is 1. The predicted molar refractivity (Wildman–Crippen MR) is 79.4 cm³/mol. The van der Waals surface area contributed by atoms with Crippen molar-refractivity contribution < 1.29 is 4.79 Å². The molecule has 0 spiro atoms. The van der Waals surface area contributed by atoms with E-state index in [1.807, 2.05) is 18.2 Å². The number of carbonyl (C=O) groups is 1. The number of carbonyl (C=O) groups excluding carboxylic acids is 1. The van der Waals surface area contributed by atoms with Gasteiger partial charge in [0, 0.05) is 30.2 Å². The molecule has 3 N–H and O–H groups in total. The normalized spacial score (nSPS) is 29.6. The third-order valence-electron chi connectivity index (χ3n) is 4.90. The van der Waals surface area contributed by atoms with Gasteiger partial charge in [-0.05, 0) is 50.4 Å². The number of amides is 1. The van der Waals surface area contributed by atoms with Crippen LogP contribution in [0.4, 0.5) is 0 Å². The second-order valence-corrected chi connectivity index (χ2v) is 6.16. The van der Waals surface area contributed by atoms with Crippen LogP contribution in [0.3, 0.4) is 0 Å². The molecule has 0 aliphatic carbocycles. The van der Waals surface area contributed by atoms with E-state index in [0.717, 1.165) is 24.2 Å². The van der Waals surface area contributed by atoms with Crippen molar-refractivity contribution in [1.29, 1.82) is 0 Å². The van der Waals surface area contributed by atoms with Gasteiger partial charge in [0.1, 0.15) is 0 Å². The number of nitrogens with zero attached hydrogens (tertiary/aromatic N) is 1. The van der Waals surface area contributed by atoms with Gasteiger partial charge < -0.3 is 16.0 Å². The molecule has 2 aliphatic rings. The minimum atomic E-state index is -0.357. The minimum absolute atomic E-state index is 0.357. The standard InChI is InChI=1S/C16H23N3O/c1-19-14-5-6-15(19)9-13(8-14)18-10-11-3-2-4-12(7-11)16(17)20/h2-4,7,13-15,18H,5-6,8-10H2,1H3,(H2,17,20). The summed E-state index contributed by atoms with van der Waals surface area (Å²) >= 11 is 0. The highest BCUT2D eigenvalue weighted by molar-refractivity contribution is 5.92. The van der Waals surface area contributed by atoms with Gasteiger partial charge in [-0.1, -0.05) is 12.1 Å². The molecule has 2 atom stereocenters. The highest BCUT2D eigenvalue weighted by atomic mass is 16.1. The summed E-state index contributed by atoms with van der Waals surface area (Å²) in [4.78, 5) is 13.7. The Morgan fingerprint density at radius 1 is 1.35 bits per heavy atom. The first-order valence-electron chi connectivity index (χ1n) is 7.47. The molecule has 3 rings (SSSR count). The van der Waals surface area contributed by atoms with Gasteiger partial charge in [-0.3, -0.25) is 4.79 Å². The molecule has 1 aromatic rings. The Labute approximate surface area is 120 Å². The first-order chi connectivity index (χ1) is 9.63. The fraction of sp³-hybridized carbons (Fsp3) is 0.562. The lowest BCUT2D eigenvalue weighted by Gasteiger charge is -2.36. The molecule has 2 unspecified atom stereocenters. The van der Waals surface area contributed by atoms with Crippen molar-refractivity contribution in [3.8, 4) is 0 Å². The molecule has 2 bridgehead atoms. The molecule has 4 nitrogen and oxygen atoms in total. The number of nitrogens with two attached hydrogens (primary N) is 1. The second kappa shape index (κ2) is 5.54. The molecule has 1 aromatic carbocycles. The van der Waals surface area contributed by atoms with Crippen molar-refractivity contribution in [1.82, 2.24) is 10.2 Å². The Morgan fingerprint density at radius 2 is 2.05 bits per heavy atom. The van der Waals surface area contributed by atoms with Gasteiger partial charge in [0.15, 0.2) is 0 Å². The third-order valence-corrected chi connectivity index (χ3v) is 4.90. The smallest absolute Gasteiger partial charge is 0.248 e. The van der Waals surface area contributed by atoms with Gasteiger partial charge in [0.05, 0.1) is 0 Å². The van der Waals surface area contributed by atoms with E-state index in [9.17, 15) is 4.79 Å². The van der Waals surface area contributed by atoms with Crippen LogP contribution in [0.1, 0.15) is 41.6 Å². The summed E-state index contributed by atoms with van der Waals surface area (Å²) in [6, 6.07) is 9.70. The SMILES string of the molecule is CN1C2CCC1CC(NCc1cccc(C(N)=O)c1)C2. The van der Waals surface area contributed by atoms with Crippen LogP contribution in [0.25, 0.3) is 0 Å². The average Bonchev–Trinajstić information content (AvgIpc) is 2.67. The Morgan fingerprint density at radius 3 is 2.70 bits per heavy atom. The van der Waals surface area contributed by atoms with Gasteiger partial charge >= 0.3 is 0 Å². The van der Waals surface area contributed by atoms with Crippen molar-refractivity contribution in [2.75, 3.05) is 7.05 Å². The zero-order chi connectivity index (χ0) is 14.1. The average molecular weight is 273 g/mol. The maximum Gasteiger partial charge on any atom is 0.248 e. The first-order valence-corrected chi connectivity index (χ1v) is 7.47. The highest BCUT2D eigenvalue weighted by Crippen LogP contribution is 2.34. The van der Waals surface area contributed by atoms with Crippen LogP contribution < -0.4 is 11.1 Å². The molecule has 2 heterocycles. The van der Waals surface area contributed by atoms with Crippen LogP contribution in [-0.2, 0) is 6.54 Å². The van der Waals surface area contributed by atoms with Crippen molar-refractivity contribution in [2.24, 2.45) is 5.73 Å². The third kappa shape index (κ3) is 2.72. The molecule has 1 amide bonds. The number of primary amides is 1. The van der Waals surface area contributed by atoms with Crippen LogP contribution in [0, 0.1) is 0 Å². The van der Waals surface area contributed by atoms with E-state index >= 15 is 0 Å². The summed E-state index contributed by atoms with van der Waals surface area (Å²) in [5.41, 5.74) is 7.04. The van der Waals surface area contributed by atoms with E-state index in [1.165, 1.54) is 25.7 Å². The lowest BCUT2D eigenvalue weighted by Crippen LogP contribution is -2.46. The van der Waals surface area contributed by atoms with Crippen LogP contribution in [0.2, 0.25) is 0 Å². The number of rotatable bonds is 4. The van der Waals surface area contributed by atoms with Crippen molar-refractivity contribution in [2.45, 2.75) is 50.4 Å². The minimum Gasteiger partial charge on any atom is -0.366 e. The van der Waals surface area contributed by atoms with Crippen molar-refractivity contribution in [3.63, 3.8) is 0 Å². The summed E-state index contributed by atoms with van der Waals surface area (Å²) in [5.74, 6) is -0.357. The number of hydrogen-bond acceptors (Lipinski definition) is 3. The van der Waals surface area contributed by atoms with Crippen LogP contribution in [0.5, 0.6) is 0 Å².